The van der Waals surface area contributed by atoms with E-state index in [1.54, 1.807) is 29.2 Å². The molecule has 1 aromatic heterocycles. The molecular weight excluding hydrogens is 285 g/mol. The van der Waals surface area contributed by atoms with Crippen LogP contribution >= 0.6 is 0 Å². The van der Waals surface area contributed by atoms with Gasteiger partial charge in [-0.25, -0.2) is 4.39 Å². The number of hydrogen-bond donors (Lipinski definition) is 0. The zero-order valence-electron chi connectivity index (χ0n) is 12.6. The Kier molecular flexibility index (Phi) is 3.98. The molecule has 1 aromatic carbocycles. The topological polar surface area (TPSA) is 42.7 Å². The van der Waals surface area contributed by atoms with Crippen molar-refractivity contribution < 1.29 is 18.3 Å². The maximum absolute atomic E-state index is 12.9. The van der Waals surface area contributed by atoms with Gasteiger partial charge < -0.3 is 14.1 Å². The summed E-state index contributed by atoms with van der Waals surface area (Å²) in [5.74, 6) is 0.400. The number of carbonyl (C=O) groups excluding carboxylic acids is 1. The Morgan fingerprint density at radius 2 is 1.73 bits per heavy atom. The minimum absolute atomic E-state index is 0.0132. The molecule has 0 aliphatic carbocycles. The van der Waals surface area contributed by atoms with Gasteiger partial charge in [-0.15, -0.1) is 0 Å². The van der Waals surface area contributed by atoms with E-state index in [-0.39, 0.29) is 23.9 Å². The molecule has 0 radical (unpaired) electrons. The van der Waals surface area contributed by atoms with Gasteiger partial charge in [-0.3, -0.25) is 4.79 Å². The van der Waals surface area contributed by atoms with Crippen LogP contribution in [0, 0.1) is 5.82 Å². The minimum atomic E-state index is -0.303. The van der Waals surface area contributed by atoms with Gasteiger partial charge in [-0.2, -0.15) is 0 Å². The molecule has 116 valence electrons. The molecule has 1 aliphatic rings. The number of halogens is 1. The highest BCUT2D eigenvalue weighted by molar-refractivity contribution is 5.92. The van der Waals surface area contributed by atoms with Crippen LogP contribution in [-0.4, -0.2) is 36.1 Å². The normalized spacial score (nSPS) is 21.9. The molecule has 0 saturated carbocycles. The van der Waals surface area contributed by atoms with Crippen molar-refractivity contribution in [2.75, 3.05) is 13.1 Å². The molecule has 22 heavy (non-hydrogen) atoms. The molecule has 2 heterocycles. The lowest BCUT2D eigenvalue weighted by atomic mass is 10.2. The lowest BCUT2D eigenvalue weighted by Crippen LogP contribution is -2.48. The third kappa shape index (κ3) is 3.04. The fraction of sp³-hybridized carbons (Fsp3) is 0.353. The second-order valence-corrected chi connectivity index (χ2v) is 5.64. The minimum Gasteiger partial charge on any atom is -0.451 e. The molecule has 5 heteroatoms. The Morgan fingerprint density at radius 3 is 2.36 bits per heavy atom. The van der Waals surface area contributed by atoms with Crippen LogP contribution in [0.5, 0.6) is 0 Å². The van der Waals surface area contributed by atoms with Gasteiger partial charge >= 0.3 is 0 Å². The molecule has 1 saturated heterocycles. The van der Waals surface area contributed by atoms with Crippen molar-refractivity contribution in [3.63, 3.8) is 0 Å². The first-order valence-electron chi connectivity index (χ1n) is 7.33. The number of nitrogens with zero attached hydrogens (tertiary/aromatic N) is 1. The summed E-state index contributed by atoms with van der Waals surface area (Å²) in [5.41, 5.74) is 0.740. The quantitative estimate of drug-likeness (QED) is 0.854. The molecule has 0 bridgehead atoms. The number of carbonyl (C=O) groups is 1. The van der Waals surface area contributed by atoms with E-state index in [1.165, 1.54) is 12.1 Å². The molecular formula is C17H18FNO3. The summed E-state index contributed by atoms with van der Waals surface area (Å²) >= 11 is 0. The van der Waals surface area contributed by atoms with Crippen molar-refractivity contribution in [3.05, 3.63) is 48.0 Å². The summed E-state index contributed by atoms with van der Waals surface area (Å²) in [4.78, 5) is 14.2. The third-order valence-electron chi connectivity index (χ3n) is 3.65. The van der Waals surface area contributed by atoms with Crippen LogP contribution in [-0.2, 0) is 4.74 Å². The van der Waals surface area contributed by atoms with E-state index in [9.17, 15) is 9.18 Å². The maximum atomic E-state index is 12.9. The monoisotopic (exact) mass is 303 g/mol. The highest BCUT2D eigenvalue weighted by Crippen LogP contribution is 2.24. The van der Waals surface area contributed by atoms with E-state index < -0.39 is 0 Å². The molecule has 0 N–H and O–H groups in total. The lowest BCUT2D eigenvalue weighted by Gasteiger charge is -2.34. The first kappa shape index (κ1) is 14.8. The number of benzene rings is 1. The number of amides is 1. The zero-order valence-corrected chi connectivity index (χ0v) is 12.6. The average Bonchev–Trinajstić information content (AvgIpc) is 2.96. The van der Waals surface area contributed by atoms with Gasteiger partial charge in [0.2, 0.25) is 0 Å². The van der Waals surface area contributed by atoms with Crippen molar-refractivity contribution in [1.29, 1.82) is 0 Å². The SMILES string of the molecule is C[C@@H]1CN(C(=O)c2ccc(-c3ccc(F)cc3)o2)C[C@@H](C)O1. The summed E-state index contributed by atoms with van der Waals surface area (Å²) in [6, 6.07) is 9.37. The Bertz CT molecular complexity index is 655. The van der Waals surface area contributed by atoms with Crippen LogP contribution in [0.25, 0.3) is 11.3 Å². The van der Waals surface area contributed by atoms with Gasteiger partial charge in [-0.1, -0.05) is 0 Å². The Labute approximate surface area is 128 Å². The molecule has 2 atom stereocenters. The maximum Gasteiger partial charge on any atom is 0.289 e. The van der Waals surface area contributed by atoms with Gasteiger partial charge in [0.15, 0.2) is 5.76 Å². The fourth-order valence-electron chi connectivity index (χ4n) is 2.72. The van der Waals surface area contributed by atoms with Gasteiger partial charge in [0, 0.05) is 18.7 Å². The van der Waals surface area contributed by atoms with E-state index in [4.69, 9.17) is 9.15 Å². The number of hydrogen-bond acceptors (Lipinski definition) is 3. The predicted molar refractivity (Wildman–Crippen MR) is 80.0 cm³/mol. The van der Waals surface area contributed by atoms with Crippen molar-refractivity contribution >= 4 is 5.91 Å². The summed E-state index contributed by atoms with van der Waals surface area (Å²) in [7, 11) is 0. The highest BCUT2D eigenvalue weighted by Gasteiger charge is 2.28. The van der Waals surface area contributed by atoms with Crippen LogP contribution in [0.1, 0.15) is 24.4 Å². The summed E-state index contributed by atoms with van der Waals surface area (Å²) < 4.78 is 24.2. The third-order valence-corrected chi connectivity index (χ3v) is 3.65. The molecule has 2 aromatic rings. The van der Waals surface area contributed by atoms with E-state index in [2.05, 4.69) is 0 Å². The second-order valence-electron chi connectivity index (χ2n) is 5.64. The second kappa shape index (κ2) is 5.93. The van der Waals surface area contributed by atoms with Crippen molar-refractivity contribution in [1.82, 2.24) is 4.90 Å². The van der Waals surface area contributed by atoms with Crippen LogP contribution in [0.15, 0.2) is 40.8 Å². The molecule has 0 spiro atoms. The average molecular weight is 303 g/mol. The van der Waals surface area contributed by atoms with Crippen LogP contribution < -0.4 is 0 Å². The summed E-state index contributed by atoms with van der Waals surface area (Å²) in [6.07, 6.45) is 0.0264. The number of furan rings is 1. The Balaban J connectivity index is 1.78. The van der Waals surface area contributed by atoms with E-state index in [0.717, 1.165) is 5.56 Å². The Morgan fingerprint density at radius 1 is 1.09 bits per heavy atom. The molecule has 1 fully saturated rings. The van der Waals surface area contributed by atoms with Gasteiger partial charge in [0.25, 0.3) is 5.91 Å². The first-order valence-corrected chi connectivity index (χ1v) is 7.33. The first-order chi connectivity index (χ1) is 10.5. The van der Waals surface area contributed by atoms with Crippen molar-refractivity contribution in [3.8, 4) is 11.3 Å². The van der Waals surface area contributed by atoms with E-state index in [0.29, 0.717) is 24.6 Å². The summed E-state index contributed by atoms with van der Waals surface area (Å²) in [6.45, 7) is 5.00. The van der Waals surface area contributed by atoms with Crippen LogP contribution in [0.3, 0.4) is 0 Å². The van der Waals surface area contributed by atoms with Crippen LogP contribution in [0.4, 0.5) is 4.39 Å². The molecule has 1 aliphatic heterocycles. The summed E-state index contributed by atoms with van der Waals surface area (Å²) in [5, 5.41) is 0. The molecule has 4 nitrogen and oxygen atoms in total. The number of morpholine rings is 1. The highest BCUT2D eigenvalue weighted by atomic mass is 19.1. The predicted octanol–water partition coefficient (Wildman–Crippen LogP) is 3.34. The molecule has 3 rings (SSSR count). The van der Waals surface area contributed by atoms with Crippen molar-refractivity contribution in [2.45, 2.75) is 26.1 Å². The molecule has 1 amide bonds. The van der Waals surface area contributed by atoms with Gasteiger partial charge in [0.05, 0.1) is 12.2 Å². The lowest BCUT2D eigenvalue weighted by molar-refractivity contribution is -0.0592. The fourth-order valence-corrected chi connectivity index (χ4v) is 2.72. The van der Waals surface area contributed by atoms with Gasteiger partial charge in [-0.05, 0) is 50.2 Å². The Hall–Kier alpha value is -2.14. The van der Waals surface area contributed by atoms with Crippen LogP contribution in [0.2, 0.25) is 0 Å². The van der Waals surface area contributed by atoms with Gasteiger partial charge in [0.1, 0.15) is 11.6 Å². The number of ether oxygens (including phenoxy) is 1. The number of rotatable bonds is 2. The standard InChI is InChI=1S/C17H18FNO3/c1-11-9-19(10-12(2)21-11)17(20)16-8-7-15(22-16)13-3-5-14(18)6-4-13/h3-8,11-12H,9-10H2,1-2H3/t11-,12-/m1/s1. The van der Waals surface area contributed by atoms with Crippen molar-refractivity contribution in [2.24, 2.45) is 0 Å². The smallest absolute Gasteiger partial charge is 0.289 e. The van der Waals surface area contributed by atoms with E-state index >= 15 is 0 Å². The zero-order chi connectivity index (χ0) is 15.7. The largest absolute Gasteiger partial charge is 0.451 e. The van der Waals surface area contributed by atoms with E-state index in [1.807, 2.05) is 13.8 Å². The molecule has 0 unspecified atom stereocenters.